The molecule has 0 saturated heterocycles. The first kappa shape index (κ1) is 17.7. The zero-order valence-corrected chi connectivity index (χ0v) is 15.3. The van der Waals surface area contributed by atoms with Crippen molar-refractivity contribution in [3.05, 3.63) is 42.9 Å². The van der Waals surface area contributed by atoms with Crippen molar-refractivity contribution in [1.29, 1.82) is 0 Å². The van der Waals surface area contributed by atoms with E-state index >= 15 is 0 Å². The molecular formula is C17H21N3OS2. The number of rotatable bonds is 7. The van der Waals surface area contributed by atoms with Gasteiger partial charge in [-0.15, -0.1) is 6.58 Å². The molecule has 0 aliphatic carbocycles. The second-order valence-electron chi connectivity index (χ2n) is 5.28. The summed E-state index contributed by atoms with van der Waals surface area (Å²) in [6.07, 6.45) is 5.39. The van der Waals surface area contributed by atoms with Crippen molar-refractivity contribution in [2.45, 2.75) is 13.8 Å². The van der Waals surface area contributed by atoms with Crippen molar-refractivity contribution in [2.75, 3.05) is 23.5 Å². The van der Waals surface area contributed by atoms with E-state index < -0.39 is 0 Å². The minimum absolute atomic E-state index is 0.0340. The maximum Gasteiger partial charge on any atom is 0.231 e. The lowest BCUT2D eigenvalue weighted by molar-refractivity contribution is -0.120. The molecule has 2 heterocycles. The van der Waals surface area contributed by atoms with E-state index in [0.29, 0.717) is 0 Å². The highest BCUT2D eigenvalue weighted by Gasteiger charge is 2.22. The smallest absolute Gasteiger partial charge is 0.231 e. The van der Waals surface area contributed by atoms with Crippen molar-refractivity contribution >= 4 is 34.0 Å². The van der Waals surface area contributed by atoms with Crippen LogP contribution < -0.4 is 4.90 Å². The van der Waals surface area contributed by atoms with E-state index in [4.69, 9.17) is 0 Å². The number of aryl methyl sites for hydroxylation is 1. The van der Waals surface area contributed by atoms with E-state index in [-0.39, 0.29) is 11.8 Å². The van der Waals surface area contributed by atoms with Gasteiger partial charge in [0, 0.05) is 42.4 Å². The van der Waals surface area contributed by atoms with Gasteiger partial charge in [0.05, 0.1) is 5.69 Å². The summed E-state index contributed by atoms with van der Waals surface area (Å²) in [5.74, 6) is 1.74. The summed E-state index contributed by atoms with van der Waals surface area (Å²) in [5, 5.41) is 1.79. The Morgan fingerprint density at radius 2 is 2.35 bits per heavy atom. The maximum atomic E-state index is 12.6. The molecule has 1 atom stereocenters. The summed E-state index contributed by atoms with van der Waals surface area (Å²) < 4.78 is 0. The molecule has 0 fully saturated rings. The number of nitrogens with zero attached hydrogens (tertiary/aromatic N) is 3. The van der Waals surface area contributed by atoms with Crippen molar-refractivity contribution in [3.8, 4) is 10.6 Å². The van der Waals surface area contributed by atoms with E-state index in [0.717, 1.165) is 32.8 Å². The van der Waals surface area contributed by atoms with Crippen LogP contribution in [0.2, 0.25) is 0 Å². The van der Waals surface area contributed by atoms with Crippen LogP contribution in [0.4, 0.5) is 5.00 Å². The highest BCUT2D eigenvalue weighted by molar-refractivity contribution is 7.99. The normalized spacial score (nSPS) is 12.0. The van der Waals surface area contributed by atoms with Crippen LogP contribution in [0.15, 0.2) is 37.2 Å². The standard InChI is InChI=1S/C17H21N3OS2/c1-5-9-22-11-12(2)16(21)20(4)17-13(3)19-15(23-17)14-7-6-8-18-10-14/h5-8,10,12H,1,9,11H2,2-4H3. The first-order valence-corrected chi connectivity index (χ1v) is 9.35. The van der Waals surface area contributed by atoms with Gasteiger partial charge in [-0.1, -0.05) is 24.3 Å². The van der Waals surface area contributed by atoms with Gasteiger partial charge < -0.3 is 4.90 Å². The topological polar surface area (TPSA) is 46.1 Å². The third-order valence-corrected chi connectivity index (χ3v) is 5.83. The molecule has 23 heavy (non-hydrogen) atoms. The molecule has 0 spiro atoms. The van der Waals surface area contributed by atoms with Crippen molar-refractivity contribution in [3.63, 3.8) is 0 Å². The molecule has 122 valence electrons. The molecule has 6 heteroatoms. The molecule has 2 aromatic rings. The number of thiazole rings is 1. The van der Waals surface area contributed by atoms with Gasteiger partial charge in [0.1, 0.15) is 10.0 Å². The molecule has 1 amide bonds. The van der Waals surface area contributed by atoms with Crippen LogP contribution in [-0.4, -0.2) is 34.4 Å². The number of carbonyl (C=O) groups excluding carboxylic acids is 1. The molecule has 0 N–H and O–H groups in total. The molecule has 2 aromatic heterocycles. The van der Waals surface area contributed by atoms with Crippen LogP contribution in [-0.2, 0) is 4.79 Å². The zero-order valence-electron chi connectivity index (χ0n) is 13.7. The number of aromatic nitrogens is 2. The highest BCUT2D eigenvalue weighted by atomic mass is 32.2. The number of thioether (sulfide) groups is 1. The summed E-state index contributed by atoms with van der Waals surface area (Å²) in [7, 11) is 1.82. The highest BCUT2D eigenvalue weighted by Crippen LogP contribution is 2.34. The number of pyridine rings is 1. The van der Waals surface area contributed by atoms with Crippen LogP contribution in [0.1, 0.15) is 12.6 Å². The van der Waals surface area contributed by atoms with Crippen molar-refractivity contribution in [1.82, 2.24) is 9.97 Å². The van der Waals surface area contributed by atoms with Gasteiger partial charge in [-0.05, 0) is 19.1 Å². The lowest BCUT2D eigenvalue weighted by Gasteiger charge is -2.20. The number of anilines is 1. The van der Waals surface area contributed by atoms with Gasteiger partial charge in [0.15, 0.2) is 0 Å². The summed E-state index contributed by atoms with van der Waals surface area (Å²) in [6, 6.07) is 3.87. The minimum atomic E-state index is -0.0340. The summed E-state index contributed by atoms with van der Waals surface area (Å²) >= 11 is 3.25. The van der Waals surface area contributed by atoms with Crippen LogP contribution >= 0.6 is 23.1 Å². The van der Waals surface area contributed by atoms with Crippen LogP contribution in [0.25, 0.3) is 10.6 Å². The predicted octanol–water partition coefficient (Wildman–Crippen LogP) is 4.03. The Morgan fingerprint density at radius 1 is 1.57 bits per heavy atom. The molecule has 0 bridgehead atoms. The molecular weight excluding hydrogens is 326 g/mol. The molecule has 0 saturated carbocycles. The van der Waals surface area contributed by atoms with Gasteiger partial charge >= 0.3 is 0 Å². The van der Waals surface area contributed by atoms with E-state index in [1.165, 1.54) is 11.3 Å². The third kappa shape index (κ3) is 4.42. The fourth-order valence-electron chi connectivity index (χ4n) is 2.14. The van der Waals surface area contributed by atoms with Crippen LogP contribution in [0.5, 0.6) is 0 Å². The lowest BCUT2D eigenvalue weighted by atomic mass is 10.2. The van der Waals surface area contributed by atoms with Gasteiger partial charge in [0.25, 0.3) is 0 Å². The quantitative estimate of drug-likeness (QED) is 0.560. The van der Waals surface area contributed by atoms with Gasteiger partial charge in [0.2, 0.25) is 5.91 Å². The predicted molar refractivity (Wildman–Crippen MR) is 100 cm³/mol. The Morgan fingerprint density at radius 3 is 3.00 bits per heavy atom. The first-order chi connectivity index (χ1) is 11.0. The number of amides is 1. The average Bonchev–Trinajstić information content (AvgIpc) is 2.96. The zero-order chi connectivity index (χ0) is 16.8. The fraction of sp³-hybridized carbons (Fsp3) is 0.353. The first-order valence-electron chi connectivity index (χ1n) is 7.38. The molecule has 0 radical (unpaired) electrons. The van der Waals surface area contributed by atoms with E-state index in [1.807, 2.05) is 39.1 Å². The monoisotopic (exact) mass is 347 g/mol. The average molecular weight is 348 g/mol. The largest absolute Gasteiger partial charge is 0.305 e. The third-order valence-electron chi connectivity index (χ3n) is 3.34. The SMILES string of the molecule is C=CCSCC(C)C(=O)N(C)c1sc(-c2cccnc2)nc1C. The Hall–Kier alpha value is -1.66. The van der Waals surface area contributed by atoms with Crippen molar-refractivity contribution < 1.29 is 4.79 Å². The maximum absolute atomic E-state index is 12.6. The summed E-state index contributed by atoms with van der Waals surface area (Å²) in [5.41, 5.74) is 1.85. The molecule has 1 unspecified atom stereocenters. The second-order valence-corrected chi connectivity index (χ2v) is 7.33. The van der Waals surface area contributed by atoms with Crippen molar-refractivity contribution in [2.24, 2.45) is 5.92 Å². The number of hydrogen-bond donors (Lipinski definition) is 0. The van der Waals surface area contributed by atoms with Crippen LogP contribution in [0, 0.1) is 12.8 Å². The Balaban J connectivity index is 2.13. The van der Waals surface area contributed by atoms with Gasteiger partial charge in [-0.3, -0.25) is 9.78 Å². The minimum Gasteiger partial charge on any atom is -0.305 e. The number of carbonyl (C=O) groups is 1. The van der Waals surface area contributed by atoms with E-state index in [9.17, 15) is 4.79 Å². The molecule has 0 aliphatic heterocycles. The summed E-state index contributed by atoms with van der Waals surface area (Å²) in [4.78, 5) is 23.0. The molecule has 2 rings (SSSR count). The Labute approximate surface area is 145 Å². The van der Waals surface area contributed by atoms with Gasteiger partial charge in [-0.25, -0.2) is 4.98 Å². The molecule has 0 aromatic carbocycles. The van der Waals surface area contributed by atoms with E-state index in [1.54, 1.807) is 29.1 Å². The second kappa shape index (κ2) is 8.26. The number of hydrogen-bond acceptors (Lipinski definition) is 5. The summed E-state index contributed by atoms with van der Waals surface area (Å²) in [6.45, 7) is 7.60. The van der Waals surface area contributed by atoms with E-state index in [2.05, 4.69) is 16.5 Å². The fourth-order valence-corrected chi connectivity index (χ4v) is 3.97. The van der Waals surface area contributed by atoms with Gasteiger partial charge in [-0.2, -0.15) is 11.8 Å². The molecule has 0 aliphatic rings. The lowest BCUT2D eigenvalue weighted by Crippen LogP contribution is -2.32. The Bertz CT molecular complexity index is 670. The molecule has 4 nitrogen and oxygen atoms in total. The Kier molecular flexibility index (Phi) is 6.36. The van der Waals surface area contributed by atoms with Crippen LogP contribution in [0.3, 0.4) is 0 Å².